The van der Waals surface area contributed by atoms with Crippen molar-refractivity contribution in [3.63, 3.8) is 0 Å². The average molecular weight is 635 g/mol. The van der Waals surface area contributed by atoms with Crippen molar-refractivity contribution >= 4 is 156 Å². The second-order valence-corrected chi connectivity index (χ2v) is 31.9. The van der Waals surface area contributed by atoms with Crippen molar-refractivity contribution in [1.29, 1.82) is 0 Å². The molecule has 2 fully saturated rings. The highest BCUT2D eigenvalue weighted by Gasteiger charge is 2.72. The summed E-state index contributed by atoms with van der Waals surface area (Å²) < 4.78 is 36.0. The normalized spacial score (nSPS) is 42.0. The summed E-state index contributed by atoms with van der Waals surface area (Å²) in [7, 11) is -25.3. The van der Waals surface area contributed by atoms with Crippen LogP contribution in [0.5, 0.6) is 0 Å². The van der Waals surface area contributed by atoms with Gasteiger partial charge in [-0.1, -0.05) is 111 Å². The number of fused-ring (bicyclic) bond motifs is 2. The Morgan fingerprint density at radius 2 is 0.522 bits per heavy atom. The molecule has 2 bridgehead atoms. The minimum Gasteiger partial charge on any atom is -0.368 e. The summed E-state index contributed by atoms with van der Waals surface area (Å²) >= 11 is 59.2. The molecule has 0 radical (unpaired) electrons. The molecule has 2 aliphatic heterocycles. The molecule has 0 unspecified atom stereocenters. The van der Waals surface area contributed by atoms with E-state index in [1.165, 1.54) is 0 Å². The van der Waals surface area contributed by atoms with Gasteiger partial charge in [-0.15, -0.1) is 0 Å². The zero-order valence-electron chi connectivity index (χ0n) is 9.64. The van der Waals surface area contributed by atoms with Gasteiger partial charge in [-0.25, -0.2) is 0 Å². The molecule has 23 heteroatoms. The molecular weight excluding hydrogens is 635 g/mol. The van der Waals surface area contributed by atoms with Crippen LogP contribution in [0.15, 0.2) is 0 Å². The fraction of sp³-hybridized carbons (Fsp3) is 0. The molecule has 2 heterocycles. The van der Waals surface area contributed by atoms with E-state index < -0.39 is 45.0 Å². The summed E-state index contributed by atoms with van der Waals surface area (Å²) in [6.45, 7) is 0. The molecule has 0 spiro atoms. The monoisotopic (exact) mass is 630 g/mol. The zero-order chi connectivity index (χ0) is 17.9. The van der Waals surface area contributed by atoms with Crippen LogP contribution >= 0.6 is 111 Å². The number of hydrogen-bond acceptors (Lipinski definition) is 7. The largest absolute Gasteiger partial charge is 0.592 e. The van der Waals surface area contributed by atoms with Gasteiger partial charge in [-0.2, -0.15) is 0 Å². The number of halogens is 10. The first-order valence-corrected chi connectivity index (χ1v) is 25.6. The number of hydrogen-bond donors (Lipinski definition) is 0. The van der Waals surface area contributed by atoms with Gasteiger partial charge in [0, 0.05) is 0 Å². The van der Waals surface area contributed by atoms with Crippen LogP contribution in [-0.2, 0) is 28.8 Å². The second kappa shape index (κ2) is 7.31. The first-order valence-electron chi connectivity index (χ1n) is 4.75. The minimum absolute atomic E-state index is 4.13. The highest BCUT2D eigenvalue weighted by Crippen LogP contribution is 2.46. The van der Waals surface area contributed by atoms with Crippen molar-refractivity contribution in [3.8, 4) is 0 Å². The van der Waals surface area contributed by atoms with E-state index in [1.807, 2.05) is 0 Å². The van der Waals surface area contributed by atoms with Gasteiger partial charge in [0.05, 0.1) is 0 Å². The van der Waals surface area contributed by atoms with E-state index in [0.717, 1.165) is 0 Å². The zero-order valence-corrected chi connectivity index (χ0v) is 23.2. The maximum atomic E-state index is 6.10. The van der Waals surface area contributed by atoms with E-state index in [0.29, 0.717) is 0 Å². The van der Waals surface area contributed by atoms with Gasteiger partial charge in [-0.3, -0.25) is 0 Å². The fourth-order valence-corrected chi connectivity index (χ4v) is 41.5. The highest BCUT2D eigenvalue weighted by atomic mass is 35.7. The van der Waals surface area contributed by atoms with E-state index in [2.05, 4.69) is 0 Å². The van der Waals surface area contributed by atoms with E-state index >= 15 is 0 Å². The van der Waals surface area contributed by atoms with Crippen LogP contribution in [-0.4, -0.2) is 45.0 Å². The molecule has 23 heavy (non-hydrogen) atoms. The SMILES string of the molecule is Cl[Si]1(Cl)O[Si](Cl)(Cl)O[Si]2(Cl)O[Si](Cl)(Cl)O[Si](Cl)(Cl)O[Si](Cl)(O1)O2. The highest BCUT2D eigenvalue weighted by molar-refractivity contribution is 7.53. The third kappa shape index (κ3) is 7.03. The van der Waals surface area contributed by atoms with Crippen molar-refractivity contribution in [2.24, 2.45) is 0 Å². The molecule has 0 amide bonds. The van der Waals surface area contributed by atoms with Crippen molar-refractivity contribution in [1.82, 2.24) is 0 Å². The topological polar surface area (TPSA) is 64.6 Å². The van der Waals surface area contributed by atoms with E-state index in [4.69, 9.17) is 140 Å². The Morgan fingerprint density at radius 1 is 0.304 bits per heavy atom. The molecular formula is Cl10O7Si6. The first kappa shape index (κ1) is 23.2. The van der Waals surface area contributed by atoms with Gasteiger partial charge in [0.1, 0.15) is 0 Å². The van der Waals surface area contributed by atoms with Crippen LogP contribution < -0.4 is 0 Å². The summed E-state index contributed by atoms with van der Waals surface area (Å²) in [6.07, 6.45) is 0. The van der Waals surface area contributed by atoms with Crippen LogP contribution in [0.4, 0.5) is 0 Å². The molecule has 7 nitrogen and oxygen atoms in total. The van der Waals surface area contributed by atoms with Gasteiger partial charge >= 0.3 is 45.0 Å². The molecule has 2 aliphatic rings. The molecule has 2 saturated heterocycles. The Kier molecular flexibility index (Phi) is 7.38. The average Bonchev–Trinajstić information content (AvgIpc) is 1.99. The van der Waals surface area contributed by atoms with Gasteiger partial charge < -0.3 is 28.8 Å². The smallest absolute Gasteiger partial charge is 0.368 e. The maximum absolute atomic E-state index is 6.10. The summed E-state index contributed by atoms with van der Waals surface area (Å²) in [5.41, 5.74) is 0. The van der Waals surface area contributed by atoms with Crippen LogP contribution in [0, 0.1) is 0 Å². The lowest BCUT2D eigenvalue weighted by Gasteiger charge is -2.43. The van der Waals surface area contributed by atoms with E-state index in [9.17, 15) is 0 Å². The molecule has 0 aromatic rings. The number of rotatable bonds is 0. The Hall–Kier alpha value is 3.92. The van der Waals surface area contributed by atoms with E-state index in [-0.39, 0.29) is 0 Å². The van der Waals surface area contributed by atoms with Crippen molar-refractivity contribution in [2.45, 2.75) is 0 Å². The lowest BCUT2D eigenvalue weighted by Crippen LogP contribution is -2.69. The summed E-state index contributed by atoms with van der Waals surface area (Å²) in [5, 5.41) is 0. The molecule has 2 rings (SSSR count). The van der Waals surface area contributed by atoms with Gasteiger partial charge in [0.15, 0.2) is 0 Å². The van der Waals surface area contributed by atoms with Gasteiger partial charge in [-0.05, 0) is 0 Å². The lowest BCUT2D eigenvalue weighted by molar-refractivity contribution is 0.157. The van der Waals surface area contributed by atoms with Crippen LogP contribution in [0.25, 0.3) is 0 Å². The fourth-order valence-electron chi connectivity index (χ4n) is 1.20. The van der Waals surface area contributed by atoms with Crippen molar-refractivity contribution < 1.29 is 28.8 Å². The molecule has 136 valence electrons. The predicted molar refractivity (Wildman–Crippen MR) is 101 cm³/mol. The molecule has 0 N–H and O–H groups in total. The maximum Gasteiger partial charge on any atom is 0.592 e. The van der Waals surface area contributed by atoms with Crippen LogP contribution in [0.2, 0.25) is 0 Å². The lowest BCUT2D eigenvalue weighted by atomic mass is 15.6. The predicted octanol–water partition coefficient (Wildman–Crippen LogP) is 4.13. The third-order valence-electron chi connectivity index (χ3n) is 1.68. The van der Waals surface area contributed by atoms with Gasteiger partial charge in [0.2, 0.25) is 0 Å². The minimum atomic E-state index is -4.41. The van der Waals surface area contributed by atoms with Crippen molar-refractivity contribution in [2.75, 3.05) is 0 Å². The van der Waals surface area contributed by atoms with Crippen LogP contribution in [0.1, 0.15) is 0 Å². The Bertz CT molecular complexity index is 408. The Balaban J connectivity index is 2.47. The van der Waals surface area contributed by atoms with Gasteiger partial charge in [0.25, 0.3) is 0 Å². The molecule has 0 atom stereocenters. The Labute approximate surface area is 182 Å². The summed E-state index contributed by atoms with van der Waals surface area (Å²) in [4.78, 5) is 0. The Morgan fingerprint density at radius 3 is 0.739 bits per heavy atom. The second-order valence-electron chi connectivity index (χ2n) is 3.53. The molecule has 0 aliphatic carbocycles. The van der Waals surface area contributed by atoms with Crippen LogP contribution in [0.3, 0.4) is 0 Å². The molecule has 0 aromatic heterocycles. The quantitative estimate of drug-likeness (QED) is 0.293. The first-order chi connectivity index (χ1) is 9.95. The molecule has 0 aromatic carbocycles. The summed E-state index contributed by atoms with van der Waals surface area (Å²) in [5.74, 6) is 0. The standard InChI is InChI=1S/Cl10O7Si6/c1-18(2)11-19(3,4)14-23(10)16-21(7,8)12-20(5,6)15-22(9,13-18)17-23. The van der Waals surface area contributed by atoms with Crippen molar-refractivity contribution in [3.05, 3.63) is 0 Å². The van der Waals surface area contributed by atoms with E-state index in [1.54, 1.807) is 0 Å². The third-order valence-corrected chi connectivity index (χ3v) is 30.4. The molecule has 0 saturated carbocycles. The summed E-state index contributed by atoms with van der Waals surface area (Å²) in [6, 6.07) is 0.